The Hall–Kier alpha value is -1.16. The zero-order chi connectivity index (χ0) is 13.3. The van der Waals surface area contributed by atoms with Crippen molar-refractivity contribution in [2.24, 2.45) is 11.7 Å². The lowest BCUT2D eigenvalue weighted by atomic mass is 10.0. The second-order valence-electron chi connectivity index (χ2n) is 5.17. The third kappa shape index (κ3) is 2.48. The molecule has 0 radical (unpaired) electrons. The van der Waals surface area contributed by atoms with E-state index < -0.39 is 0 Å². The van der Waals surface area contributed by atoms with E-state index in [-0.39, 0.29) is 10.8 Å². The van der Waals surface area contributed by atoms with Crippen molar-refractivity contribution in [3.8, 4) is 0 Å². The number of halogens is 1. The summed E-state index contributed by atoms with van der Waals surface area (Å²) in [5.74, 6) is 0.276. The summed E-state index contributed by atoms with van der Waals surface area (Å²) in [4.78, 5) is 2.58. The van der Waals surface area contributed by atoms with Gasteiger partial charge in [-0.3, -0.25) is 0 Å². The first-order chi connectivity index (χ1) is 8.50. The van der Waals surface area contributed by atoms with Crippen molar-refractivity contribution in [2.75, 3.05) is 11.4 Å². The minimum Gasteiger partial charge on any atom is -0.389 e. The molecule has 18 heavy (non-hydrogen) atoms. The quantitative estimate of drug-likeness (QED) is 0.853. The molecule has 0 aliphatic carbocycles. The van der Waals surface area contributed by atoms with E-state index >= 15 is 0 Å². The topological polar surface area (TPSA) is 29.3 Å². The summed E-state index contributed by atoms with van der Waals surface area (Å²) in [5.41, 5.74) is 7.33. The highest BCUT2D eigenvalue weighted by Crippen LogP contribution is 2.32. The van der Waals surface area contributed by atoms with Crippen molar-refractivity contribution in [2.45, 2.75) is 32.7 Å². The molecule has 1 atom stereocenters. The van der Waals surface area contributed by atoms with Gasteiger partial charge in [-0.25, -0.2) is 4.39 Å². The Labute approximate surface area is 113 Å². The molecule has 1 aliphatic heterocycles. The molecule has 1 unspecified atom stereocenters. The largest absolute Gasteiger partial charge is 0.389 e. The van der Waals surface area contributed by atoms with Crippen LogP contribution in [-0.2, 0) is 0 Å². The minimum absolute atomic E-state index is 0.263. The Morgan fingerprint density at radius 1 is 1.50 bits per heavy atom. The van der Waals surface area contributed by atoms with Gasteiger partial charge in [-0.1, -0.05) is 26.1 Å². The lowest BCUT2D eigenvalue weighted by molar-refractivity contribution is 0.491. The molecule has 0 aromatic heterocycles. The highest BCUT2D eigenvalue weighted by atomic mass is 32.1. The lowest BCUT2D eigenvalue weighted by Crippen LogP contribution is -2.34. The smallest absolute Gasteiger partial charge is 0.124 e. The third-order valence-corrected chi connectivity index (χ3v) is 3.82. The molecule has 0 amide bonds. The summed E-state index contributed by atoms with van der Waals surface area (Å²) in [5, 5.41) is 0. The van der Waals surface area contributed by atoms with Crippen molar-refractivity contribution >= 4 is 22.9 Å². The van der Waals surface area contributed by atoms with Crippen LogP contribution in [0.3, 0.4) is 0 Å². The average molecular weight is 266 g/mol. The van der Waals surface area contributed by atoms with Crippen LogP contribution < -0.4 is 10.6 Å². The summed E-state index contributed by atoms with van der Waals surface area (Å²) >= 11 is 5.03. The zero-order valence-electron chi connectivity index (χ0n) is 10.8. The van der Waals surface area contributed by atoms with Gasteiger partial charge in [-0.05, 0) is 37.0 Å². The second kappa shape index (κ2) is 5.22. The Bertz CT molecular complexity index is 459. The van der Waals surface area contributed by atoms with Crippen molar-refractivity contribution in [3.63, 3.8) is 0 Å². The molecule has 4 heteroatoms. The maximum absolute atomic E-state index is 13.3. The van der Waals surface area contributed by atoms with E-state index in [0.717, 1.165) is 18.7 Å². The van der Waals surface area contributed by atoms with Crippen LogP contribution in [0.1, 0.15) is 32.3 Å². The number of hydrogen-bond acceptors (Lipinski definition) is 2. The summed E-state index contributed by atoms with van der Waals surface area (Å²) in [6.45, 7) is 5.42. The average Bonchev–Trinajstić information content (AvgIpc) is 2.77. The van der Waals surface area contributed by atoms with Gasteiger partial charge in [0.05, 0.1) is 0 Å². The molecule has 1 aromatic rings. The summed E-state index contributed by atoms with van der Waals surface area (Å²) in [7, 11) is 0. The predicted molar refractivity (Wildman–Crippen MR) is 77.5 cm³/mol. The van der Waals surface area contributed by atoms with E-state index in [9.17, 15) is 4.39 Å². The van der Waals surface area contributed by atoms with Gasteiger partial charge in [0, 0.05) is 23.8 Å². The molecule has 1 saturated heterocycles. The Morgan fingerprint density at radius 3 is 2.83 bits per heavy atom. The predicted octanol–water partition coefficient (Wildman–Crippen LogP) is 3.08. The molecular formula is C14H19FN2S. The van der Waals surface area contributed by atoms with Gasteiger partial charge in [0.15, 0.2) is 0 Å². The van der Waals surface area contributed by atoms with Gasteiger partial charge < -0.3 is 10.6 Å². The first kappa shape index (κ1) is 13.3. The number of anilines is 1. The van der Waals surface area contributed by atoms with Crippen LogP contribution in [-0.4, -0.2) is 17.6 Å². The highest BCUT2D eigenvalue weighted by molar-refractivity contribution is 7.80. The van der Waals surface area contributed by atoms with Crippen LogP contribution in [0.4, 0.5) is 10.1 Å². The maximum Gasteiger partial charge on any atom is 0.124 e. The van der Waals surface area contributed by atoms with E-state index in [1.165, 1.54) is 18.6 Å². The van der Waals surface area contributed by atoms with Crippen molar-refractivity contribution < 1.29 is 4.39 Å². The molecule has 2 N–H and O–H groups in total. The molecule has 98 valence electrons. The van der Waals surface area contributed by atoms with Gasteiger partial charge in [-0.15, -0.1) is 0 Å². The molecule has 0 saturated carbocycles. The zero-order valence-corrected chi connectivity index (χ0v) is 11.6. The fraction of sp³-hybridized carbons (Fsp3) is 0.500. The summed E-state index contributed by atoms with van der Waals surface area (Å²) in [6, 6.07) is 5.20. The molecule has 2 rings (SSSR count). The standard InChI is InChI=1S/C14H19FN2S/c1-9(2)12-4-3-7-17(12)13-6-5-10(15)8-11(13)14(16)18/h5-6,8-9,12H,3-4,7H2,1-2H3,(H2,16,18). The van der Waals surface area contributed by atoms with Crippen LogP contribution in [0.2, 0.25) is 0 Å². The molecule has 1 aromatic carbocycles. The van der Waals surface area contributed by atoms with E-state index in [0.29, 0.717) is 17.5 Å². The van der Waals surface area contributed by atoms with E-state index in [2.05, 4.69) is 18.7 Å². The fourth-order valence-corrected chi connectivity index (χ4v) is 2.90. The van der Waals surface area contributed by atoms with Crippen LogP contribution in [0, 0.1) is 11.7 Å². The molecule has 2 nitrogen and oxygen atoms in total. The molecule has 1 heterocycles. The van der Waals surface area contributed by atoms with Gasteiger partial charge >= 0.3 is 0 Å². The summed E-state index contributed by atoms with van der Waals surface area (Å²) < 4.78 is 13.3. The first-order valence-corrected chi connectivity index (χ1v) is 6.77. The summed E-state index contributed by atoms with van der Waals surface area (Å²) in [6.07, 6.45) is 2.34. The maximum atomic E-state index is 13.3. The SMILES string of the molecule is CC(C)C1CCCN1c1ccc(F)cc1C(N)=S. The fourth-order valence-electron chi connectivity index (χ4n) is 2.74. The highest BCUT2D eigenvalue weighted by Gasteiger charge is 2.29. The Kier molecular flexibility index (Phi) is 3.85. The monoisotopic (exact) mass is 266 g/mol. The molecular weight excluding hydrogens is 247 g/mol. The van der Waals surface area contributed by atoms with E-state index in [1.807, 2.05) is 0 Å². The van der Waals surface area contributed by atoms with Gasteiger partial charge in [0.2, 0.25) is 0 Å². The number of hydrogen-bond donors (Lipinski definition) is 1. The van der Waals surface area contributed by atoms with E-state index in [1.54, 1.807) is 6.07 Å². The van der Waals surface area contributed by atoms with Crippen LogP contribution >= 0.6 is 12.2 Å². The molecule has 0 spiro atoms. The van der Waals surface area contributed by atoms with Gasteiger partial charge in [0.1, 0.15) is 10.8 Å². The first-order valence-electron chi connectivity index (χ1n) is 6.36. The van der Waals surface area contributed by atoms with Crippen molar-refractivity contribution in [3.05, 3.63) is 29.6 Å². The third-order valence-electron chi connectivity index (χ3n) is 3.60. The van der Waals surface area contributed by atoms with Crippen LogP contribution in [0.25, 0.3) is 0 Å². The van der Waals surface area contributed by atoms with E-state index in [4.69, 9.17) is 18.0 Å². The normalized spacial score (nSPS) is 19.6. The lowest BCUT2D eigenvalue weighted by Gasteiger charge is -2.31. The number of thiocarbonyl (C=S) groups is 1. The minimum atomic E-state index is -0.290. The molecule has 0 bridgehead atoms. The van der Waals surface area contributed by atoms with Gasteiger partial charge in [-0.2, -0.15) is 0 Å². The number of benzene rings is 1. The number of nitrogens with zero attached hydrogens (tertiary/aromatic N) is 1. The van der Waals surface area contributed by atoms with Crippen molar-refractivity contribution in [1.29, 1.82) is 0 Å². The Balaban J connectivity index is 2.41. The van der Waals surface area contributed by atoms with Crippen molar-refractivity contribution in [1.82, 2.24) is 0 Å². The Morgan fingerprint density at radius 2 is 2.22 bits per heavy atom. The molecule has 1 fully saturated rings. The second-order valence-corrected chi connectivity index (χ2v) is 5.61. The van der Waals surface area contributed by atoms with Gasteiger partial charge in [0.25, 0.3) is 0 Å². The number of nitrogens with two attached hydrogens (primary N) is 1. The van der Waals surface area contributed by atoms with Crippen LogP contribution in [0.5, 0.6) is 0 Å². The van der Waals surface area contributed by atoms with Crippen LogP contribution in [0.15, 0.2) is 18.2 Å². The molecule has 1 aliphatic rings. The number of rotatable bonds is 3.